The van der Waals surface area contributed by atoms with Crippen molar-refractivity contribution in [3.8, 4) is 0 Å². The summed E-state index contributed by atoms with van der Waals surface area (Å²) in [6.45, 7) is 2.80. The van der Waals surface area contributed by atoms with Crippen molar-refractivity contribution < 1.29 is 22.7 Å². The maximum Gasteiger partial charge on any atom is 0.309 e. The highest BCUT2D eigenvalue weighted by Gasteiger charge is 2.32. The van der Waals surface area contributed by atoms with E-state index in [0.717, 1.165) is 5.56 Å². The first-order valence-corrected chi connectivity index (χ1v) is 8.31. The Hall–Kier alpha value is -1.90. The van der Waals surface area contributed by atoms with E-state index in [9.17, 15) is 18.0 Å². The number of ether oxygens (including phenoxy) is 1. The number of amides is 1. The molecule has 0 aliphatic rings. The summed E-state index contributed by atoms with van der Waals surface area (Å²) in [4.78, 5) is 23.2. The van der Waals surface area contributed by atoms with E-state index in [0.29, 0.717) is 6.42 Å². The quantitative estimate of drug-likeness (QED) is 0.705. The normalized spacial score (nSPS) is 14.2. The Balaban J connectivity index is 2.59. The van der Waals surface area contributed by atoms with Crippen molar-refractivity contribution in [2.24, 2.45) is 13.0 Å². The zero-order valence-corrected chi connectivity index (χ0v) is 13.9. The number of hydrogen-bond donors (Lipinski definition) is 1. The second kappa shape index (κ2) is 7.39. The van der Waals surface area contributed by atoms with E-state index < -0.39 is 33.1 Å². The van der Waals surface area contributed by atoms with Gasteiger partial charge in [-0.2, -0.15) is 5.10 Å². The predicted octanol–water partition coefficient (Wildman–Crippen LogP) is -0.00370. The molecule has 0 fully saturated rings. The van der Waals surface area contributed by atoms with Crippen LogP contribution in [0.25, 0.3) is 0 Å². The molecule has 0 saturated carbocycles. The van der Waals surface area contributed by atoms with Gasteiger partial charge in [-0.25, -0.2) is 8.42 Å². The molecule has 2 atom stereocenters. The molecule has 0 unspecified atom stereocenters. The Morgan fingerprint density at radius 3 is 2.55 bits per heavy atom. The predicted molar refractivity (Wildman–Crippen MR) is 79.2 cm³/mol. The molecule has 0 bridgehead atoms. The van der Waals surface area contributed by atoms with Gasteiger partial charge in [-0.05, 0) is 18.9 Å². The maximum atomic E-state index is 12.1. The Labute approximate surface area is 129 Å². The second-order valence-corrected chi connectivity index (χ2v) is 7.15. The summed E-state index contributed by atoms with van der Waals surface area (Å²) >= 11 is 0. The Bertz CT molecular complexity index is 638. The SMILES string of the molecule is COC(=O)[C@@H](C)[C@H](C)S(=O)(=O)NC(=O)CCc1cnn(C)c1. The average Bonchev–Trinajstić information content (AvgIpc) is 2.87. The largest absolute Gasteiger partial charge is 0.469 e. The number of aryl methyl sites for hydroxylation is 2. The van der Waals surface area contributed by atoms with Crippen molar-refractivity contribution in [1.29, 1.82) is 0 Å². The van der Waals surface area contributed by atoms with Crippen LogP contribution in [0.3, 0.4) is 0 Å². The van der Waals surface area contributed by atoms with E-state index in [1.54, 1.807) is 24.1 Å². The third kappa shape index (κ3) is 4.83. The number of sulfonamides is 1. The molecule has 1 aromatic rings. The van der Waals surface area contributed by atoms with Crippen LogP contribution >= 0.6 is 0 Å². The number of nitrogens with one attached hydrogen (secondary N) is 1. The number of methoxy groups -OCH3 is 1. The molecule has 1 aromatic heterocycles. The number of carbonyl (C=O) groups is 2. The molecule has 0 saturated heterocycles. The van der Waals surface area contributed by atoms with Crippen molar-refractivity contribution in [2.75, 3.05) is 7.11 Å². The van der Waals surface area contributed by atoms with Gasteiger partial charge in [0, 0.05) is 19.7 Å². The zero-order chi connectivity index (χ0) is 16.9. The molecule has 1 amide bonds. The first-order valence-electron chi connectivity index (χ1n) is 6.77. The van der Waals surface area contributed by atoms with E-state index in [1.165, 1.54) is 21.0 Å². The van der Waals surface area contributed by atoms with Gasteiger partial charge in [0.15, 0.2) is 0 Å². The van der Waals surface area contributed by atoms with Gasteiger partial charge >= 0.3 is 5.97 Å². The molecular formula is C13H21N3O5S. The zero-order valence-electron chi connectivity index (χ0n) is 13.1. The van der Waals surface area contributed by atoms with Gasteiger partial charge in [0.25, 0.3) is 0 Å². The van der Waals surface area contributed by atoms with Crippen molar-refractivity contribution in [2.45, 2.75) is 31.9 Å². The Morgan fingerprint density at radius 2 is 2.05 bits per heavy atom. The monoisotopic (exact) mass is 331 g/mol. The lowest BCUT2D eigenvalue weighted by atomic mass is 10.1. The molecule has 9 heteroatoms. The van der Waals surface area contributed by atoms with Gasteiger partial charge in [-0.1, -0.05) is 6.92 Å². The number of rotatable bonds is 7. The third-order valence-electron chi connectivity index (χ3n) is 3.42. The van der Waals surface area contributed by atoms with Crippen LogP contribution in [0.2, 0.25) is 0 Å². The number of aromatic nitrogens is 2. The fourth-order valence-corrected chi connectivity index (χ4v) is 3.06. The third-order valence-corrected chi connectivity index (χ3v) is 5.32. The minimum atomic E-state index is -3.93. The lowest BCUT2D eigenvalue weighted by molar-refractivity contribution is -0.144. The maximum absolute atomic E-state index is 12.1. The second-order valence-electron chi connectivity index (χ2n) is 5.11. The fourth-order valence-electron chi connectivity index (χ4n) is 1.81. The van der Waals surface area contributed by atoms with E-state index in [2.05, 4.69) is 9.84 Å². The van der Waals surface area contributed by atoms with Gasteiger partial charge < -0.3 is 4.74 Å². The van der Waals surface area contributed by atoms with Crippen molar-refractivity contribution >= 4 is 21.9 Å². The van der Waals surface area contributed by atoms with Gasteiger partial charge in [-0.15, -0.1) is 0 Å². The highest BCUT2D eigenvalue weighted by molar-refractivity contribution is 7.90. The summed E-state index contributed by atoms with van der Waals surface area (Å²) in [6, 6.07) is 0. The molecule has 0 aromatic carbocycles. The van der Waals surface area contributed by atoms with Crippen LogP contribution in [0.1, 0.15) is 25.8 Å². The van der Waals surface area contributed by atoms with Crippen LogP contribution in [0.15, 0.2) is 12.4 Å². The lowest BCUT2D eigenvalue weighted by Crippen LogP contribution is -2.42. The van der Waals surface area contributed by atoms with Crippen LogP contribution in [0, 0.1) is 5.92 Å². The fraction of sp³-hybridized carbons (Fsp3) is 0.615. The van der Waals surface area contributed by atoms with Crippen LogP contribution in [-0.2, 0) is 37.8 Å². The lowest BCUT2D eigenvalue weighted by Gasteiger charge is -2.18. The summed E-state index contributed by atoms with van der Waals surface area (Å²) in [6.07, 6.45) is 3.77. The van der Waals surface area contributed by atoms with Crippen LogP contribution < -0.4 is 4.72 Å². The standard InChI is InChI=1S/C13H21N3O5S/c1-9(13(18)21-4)10(2)22(19,20)15-12(17)6-5-11-7-14-16(3)8-11/h7-10H,5-6H2,1-4H3,(H,15,17)/t9-,10-/m0/s1. The molecule has 0 aliphatic carbocycles. The first-order chi connectivity index (χ1) is 10.2. The van der Waals surface area contributed by atoms with E-state index in [1.807, 2.05) is 4.72 Å². The number of carbonyl (C=O) groups excluding carboxylic acids is 2. The molecule has 1 heterocycles. The van der Waals surface area contributed by atoms with Crippen molar-refractivity contribution in [1.82, 2.24) is 14.5 Å². The van der Waals surface area contributed by atoms with Gasteiger partial charge in [0.05, 0.1) is 24.5 Å². The van der Waals surface area contributed by atoms with Crippen LogP contribution in [-0.4, -0.2) is 42.4 Å². The molecule has 1 rings (SSSR count). The minimum Gasteiger partial charge on any atom is -0.469 e. The Morgan fingerprint density at radius 1 is 1.41 bits per heavy atom. The van der Waals surface area contributed by atoms with Gasteiger partial charge in [0.1, 0.15) is 0 Å². The summed E-state index contributed by atoms with van der Waals surface area (Å²) in [5.74, 6) is -2.12. The van der Waals surface area contributed by atoms with Crippen LogP contribution in [0.5, 0.6) is 0 Å². The van der Waals surface area contributed by atoms with E-state index in [-0.39, 0.29) is 6.42 Å². The topological polar surface area (TPSA) is 107 Å². The van der Waals surface area contributed by atoms with Crippen molar-refractivity contribution in [3.63, 3.8) is 0 Å². The number of nitrogens with zero attached hydrogens (tertiary/aromatic N) is 2. The van der Waals surface area contributed by atoms with E-state index >= 15 is 0 Å². The summed E-state index contributed by atoms with van der Waals surface area (Å²) in [7, 11) is -0.995. The van der Waals surface area contributed by atoms with E-state index in [4.69, 9.17) is 0 Å². The molecule has 8 nitrogen and oxygen atoms in total. The molecular weight excluding hydrogens is 310 g/mol. The average molecular weight is 331 g/mol. The first kappa shape index (κ1) is 18.1. The van der Waals surface area contributed by atoms with Crippen molar-refractivity contribution in [3.05, 3.63) is 18.0 Å². The Kier molecular flexibility index (Phi) is 6.10. The highest BCUT2D eigenvalue weighted by Crippen LogP contribution is 2.13. The highest BCUT2D eigenvalue weighted by atomic mass is 32.2. The number of hydrogen-bond acceptors (Lipinski definition) is 6. The molecule has 0 aliphatic heterocycles. The molecule has 1 N–H and O–H groups in total. The minimum absolute atomic E-state index is 0.0181. The molecule has 22 heavy (non-hydrogen) atoms. The molecule has 0 radical (unpaired) electrons. The summed E-state index contributed by atoms with van der Waals surface area (Å²) in [5, 5.41) is 2.90. The van der Waals surface area contributed by atoms with Gasteiger partial charge in [0.2, 0.25) is 15.9 Å². The summed E-state index contributed by atoms with van der Waals surface area (Å²) < 4.78 is 32.2. The molecule has 124 valence electrons. The van der Waals surface area contributed by atoms with Gasteiger partial charge in [-0.3, -0.25) is 19.0 Å². The van der Waals surface area contributed by atoms with Crippen LogP contribution in [0.4, 0.5) is 0 Å². The number of esters is 1. The summed E-state index contributed by atoms with van der Waals surface area (Å²) in [5.41, 5.74) is 0.839. The smallest absolute Gasteiger partial charge is 0.309 e. The molecule has 0 spiro atoms.